The van der Waals surface area contributed by atoms with E-state index in [-0.39, 0.29) is 11.7 Å². The Hall–Kier alpha value is -2.51. The lowest BCUT2D eigenvalue weighted by atomic mass is 10.3. The van der Waals surface area contributed by atoms with Crippen molar-refractivity contribution in [3.8, 4) is 11.8 Å². The molecule has 0 radical (unpaired) electrons. The van der Waals surface area contributed by atoms with Gasteiger partial charge in [0.25, 0.3) is 0 Å². The molecule has 0 aliphatic heterocycles. The molecule has 160 valence electrons. The summed E-state index contributed by atoms with van der Waals surface area (Å²) in [4.78, 5) is 12.3. The van der Waals surface area contributed by atoms with Gasteiger partial charge in [0.15, 0.2) is 17.1 Å². The average molecular weight is 494 g/mol. The Morgan fingerprint density at radius 1 is 1.45 bits per heavy atom. The minimum Gasteiger partial charge on any atom is -0.481 e. The molecule has 0 aliphatic carbocycles. The molecular formula is C20H17Cl2N5O2S2. The first-order valence-electron chi connectivity index (χ1n) is 8.98. The van der Waals surface area contributed by atoms with Crippen LogP contribution in [-0.2, 0) is 11.3 Å². The SMILES string of the molecule is C=CCn1c(SCC(=O)Nc2sccc2C#N)nnc1C(C)Oc1cc(Cl)ccc1Cl. The number of amides is 1. The summed E-state index contributed by atoms with van der Waals surface area (Å²) in [6.45, 7) is 6.04. The first-order valence-corrected chi connectivity index (χ1v) is 11.6. The second kappa shape index (κ2) is 10.7. The quantitative estimate of drug-likeness (QED) is 0.309. The van der Waals surface area contributed by atoms with Crippen LogP contribution in [0.2, 0.25) is 10.0 Å². The third kappa shape index (κ3) is 5.80. The number of halogens is 2. The van der Waals surface area contributed by atoms with Gasteiger partial charge in [0.1, 0.15) is 16.8 Å². The van der Waals surface area contributed by atoms with Crippen molar-refractivity contribution in [1.29, 1.82) is 5.26 Å². The van der Waals surface area contributed by atoms with Crippen molar-refractivity contribution in [3.63, 3.8) is 0 Å². The summed E-state index contributed by atoms with van der Waals surface area (Å²) in [6.07, 6.45) is 1.23. The number of anilines is 1. The number of ether oxygens (including phenoxy) is 1. The number of carbonyl (C=O) groups excluding carboxylic acids is 1. The van der Waals surface area contributed by atoms with E-state index in [1.807, 2.05) is 17.6 Å². The molecule has 1 amide bonds. The van der Waals surface area contributed by atoms with Gasteiger partial charge in [0.05, 0.1) is 16.3 Å². The summed E-state index contributed by atoms with van der Waals surface area (Å²) >= 11 is 14.7. The molecule has 0 bridgehead atoms. The Morgan fingerprint density at radius 2 is 2.26 bits per heavy atom. The fourth-order valence-corrected chi connectivity index (χ4v) is 4.44. The number of hydrogen-bond donors (Lipinski definition) is 1. The number of hydrogen-bond acceptors (Lipinski definition) is 7. The van der Waals surface area contributed by atoms with Crippen molar-refractivity contribution >= 4 is 57.2 Å². The van der Waals surface area contributed by atoms with Crippen LogP contribution >= 0.6 is 46.3 Å². The lowest BCUT2D eigenvalue weighted by Crippen LogP contribution is -2.15. The van der Waals surface area contributed by atoms with Gasteiger partial charge in [-0.2, -0.15) is 5.26 Å². The van der Waals surface area contributed by atoms with Crippen LogP contribution in [0.5, 0.6) is 5.75 Å². The first-order chi connectivity index (χ1) is 14.9. The second-order valence-electron chi connectivity index (χ2n) is 6.19. The number of nitrogens with one attached hydrogen (secondary N) is 1. The van der Waals surface area contributed by atoms with Crippen LogP contribution in [0.1, 0.15) is 24.4 Å². The van der Waals surface area contributed by atoms with Crippen molar-refractivity contribution in [2.45, 2.75) is 24.7 Å². The van der Waals surface area contributed by atoms with E-state index in [9.17, 15) is 4.79 Å². The number of nitriles is 1. The number of thioether (sulfide) groups is 1. The predicted octanol–water partition coefficient (Wildman–Crippen LogP) is 5.57. The zero-order chi connectivity index (χ0) is 22.4. The van der Waals surface area contributed by atoms with Gasteiger partial charge < -0.3 is 10.1 Å². The number of thiophene rings is 1. The highest BCUT2D eigenvalue weighted by Gasteiger charge is 2.21. The Kier molecular flexibility index (Phi) is 7.98. The minimum atomic E-state index is -0.476. The molecule has 0 saturated heterocycles. The largest absolute Gasteiger partial charge is 0.481 e. The molecule has 11 heteroatoms. The fraction of sp³-hybridized carbons (Fsp3) is 0.200. The Morgan fingerprint density at radius 3 is 3.00 bits per heavy atom. The third-order valence-corrected chi connectivity index (χ3v) is 6.33. The molecule has 1 atom stereocenters. The van der Waals surface area contributed by atoms with Crippen LogP contribution in [0.15, 0.2) is 47.5 Å². The molecule has 0 spiro atoms. The van der Waals surface area contributed by atoms with Gasteiger partial charge in [-0.25, -0.2) is 0 Å². The monoisotopic (exact) mass is 493 g/mol. The Balaban J connectivity index is 1.71. The van der Waals surface area contributed by atoms with E-state index in [2.05, 4.69) is 22.1 Å². The third-order valence-electron chi connectivity index (χ3n) is 3.99. The molecule has 2 aromatic heterocycles. The van der Waals surface area contributed by atoms with E-state index < -0.39 is 6.10 Å². The van der Waals surface area contributed by atoms with E-state index in [0.717, 1.165) is 0 Å². The van der Waals surface area contributed by atoms with Gasteiger partial charge in [-0.15, -0.1) is 28.1 Å². The van der Waals surface area contributed by atoms with E-state index >= 15 is 0 Å². The molecule has 1 aromatic carbocycles. The maximum atomic E-state index is 12.3. The summed E-state index contributed by atoms with van der Waals surface area (Å²) in [6, 6.07) is 8.67. The van der Waals surface area contributed by atoms with Crippen molar-refractivity contribution < 1.29 is 9.53 Å². The van der Waals surface area contributed by atoms with E-state index in [4.69, 9.17) is 33.2 Å². The number of nitrogens with zero attached hydrogens (tertiary/aromatic N) is 4. The van der Waals surface area contributed by atoms with Gasteiger partial charge in [0.2, 0.25) is 5.91 Å². The number of carbonyl (C=O) groups is 1. The summed E-state index contributed by atoms with van der Waals surface area (Å²) in [5.41, 5.74) is 0.436. The maximum Gasteiger partial charge on any atom is 0.235 e. The lowest BCUT2D eigenvalue weighted by Gasteiger charge is -2.16. The van der Waals surface area contributed by atoms with Crippen LogP contribution in [0.3, 0.4) is 0 Å². The minimum absolute atomic E-state index is 0.105. The van der Waals surface area contributed by atoms with Crippen LogP contribution < -0.4 is 10.1 Å². The van der Waals surface area contributed by atoms with Gasteiger partial charge in [-0.1, -0.05) is 41.0 Å². The molecular weight excluding hydrogens is 477 g/mol. The molecule has 2 heterocycles. The fourth-order valence-electron chi connectivity index (χ4n) is 2.61. The molecule has 0 aliphatic rings. The number of benzene rings is 1. The molecule has 1 N–H and O–H groups in total. The first kappa shape index (κ1) is 23.2. The number of allylic oxidation sites excluding steroid dienone is 1. The Bertz CT molecular complexity index is 1140. The lowest BCUT2D eigenvalue weighted by molar-refractivity contribution is -0.113. The van der Waals surface area contributed by atoms with Crippen molar-refractivity contribution in [2.75, 3.05) is 11.1 Å². The van der Waals surface area contributed by atoms with E-state index in [1.54, 1.807) is 35.7 Å². The second-order valence-corrected chi connectivity index (χ2v) is 8.89. The Labute approximate surface area is 197 Å². The van der Waals surface area contributed by atoms with Crippen LogP contribution in [0.4, 0.5) is 5.00 Å². The topological polar surface area (TPSA) is 92.8 Å². The molecule has 1 unspecified atom stereocenters. The van der Waals surface area contributed by atoms with Gasteiger partial charge in [0, 0.05) is 17.6 Å². The average Bonchev–Trinajstić information content (AvgIpc) is 3.36. The zero-order valence-electron chi connectivity index (χ0n) is 16.3. The van der Waals surface area contributed by atoms with Crippen LogP contribution in [0, 0.1) is 11.3 Å². The van der Waals surface area contributed by atoms with Crippen LogP contribution in [0.25, 0.3) is 0 Å². The van der Waals surface area contributed by atoms with E-state index in [0.29, 0.717) is 43.9 Å². The zero-order valence-corrected chi connectivity index (χ0v) is 19.5. The molecule has 31 heavy (non-hydrogen) atoms. The van der Waals surface area contributed by atoms with E-state index in [1.165, 1.54) is 23.1 Å². The standard InChI is InChI=1S/C20H17Cl2N5O2S2/c1-3-7-27-18(12(2)29-16-9-14(21)4-5-15(16)22)25-26-20(27)31-11-17(28)24-19-13(10-23)6-8-30-19/h3-6,8-9,12H,1,7,11H2,2H3,(H,24,28). The summed E-state index contributed by atoms with van der Waals surface area (Å²) in [5.74, 6) is 0.859. The van der Waals surface area contributed by atoms with Gasteiger partial charge >= 0.3 is 0 Å². The highest BCUT2D eigenvalue weighted by atomic mass is 35.5. The van der Waals surface area contributed by atoms with Gasteiger partial charge in [-0.3, -0.25) is 9.36 Å². The summed E-state index contributed by atoms with van der Waals surface area (Å²) in [5, 5.41) is 24.0. The number of rotatable bonds is 9. The van der Waals surface area contributed by atoms with Crippen molar-refractivity contribution in [2.24, 2.45) is 0 Å². The van der Waals surface area contributed by atoms with Gasteiger partial charge in [-0.05, 0) is 30.5 Å². The van der Waals surface area contributed by atoms with Crippen LogP contribution in [-0.4, -0.2) is 26.4 Å². The molecule has 0 fully saturated rings. The van der Waals surface area contributed by atoms with Crippen molar-refractivity contribution in [3.05, 3.63) is 63.7 Å². The smallest absolute Gasteiger partial charge is 0.235 e. The molecule has 3 aromatic rings. The normalized spacial score (nSPS) is 11.5. The summed E-state index contributed by atoms with van der Waals surface area (Å²) < 4.78 is 7.76. The highest BCUT2D eigenvalue weighted by molar-refractivity contribution is 7.99. The predicted molar refractivity (Wildman–Crippen MR) is 124 cm³/mol. The molecule has 3 rings (SSSR count). The summed E-state index contributed by atoms with van der Waals surface area (Å²) in [7, 11) is 0. The molecule has 0 saturated carbocycles. The van der Waals surface area contributed by atoms with Crippen molar-refractivity contribution in [1.82, 2.24) is 14.8 Å². The maximum absolute atomic E-state index is 12.3. The molecule has 7 nitrogen and oxygen atoms in total. The number of aromatic nitrogens is 3. The highest BCUT2D eigenvalue weighted by Crippen LogP contribution is 2.32.